The molecule has 96 valence electrons. The van der Waals surface area contributed by atoms with Crippen LogP contribution in [0, 0.1) is 11.3 Å². The van der Waals surface area contributed by atoms with Gasteiger partial charge in [0.2, 0.25) is 0 Å². The molecule has 0 bridgehead atoms. The molecule has 0 amide bonds. The number of rotatable bonds is 3. The second kappa shape index (κ2) is 5.63. The molecule has 0 aliphatic rings. The third kappa shape index (κ3) is 2.80. The number of nitrogen functional groups attached to an aromatic ring is 1. The minimum atomic E-state index is 0.327. The summed E-state index contributed by atoms with van der Waals surface area (Å²) in [4.78, 5) is 0. The maximum Gasteiger partial charge on any atom is 0.151 e. The first-order chi connectivity index (χ1) is 9.15. The number of halogens is 1. The molecule has 0 aliphatic heterocycles. The molecule has 0 saturated carbocycles. The highest BCUT2D eigenvalue weighted by Crippen LogP contribution is 2.35. The average Bonchev–Trinajstić information content (AvgIpc) is 2.43. The molecule has 0 fully saturated rings. The molecule has 0 saturated heterocycles. The van der Waals surface area contributed by atoms with E-state index in [4.69, 9.17) is 20.5 Å². The van der Waals surface area contributed by atoms with Crippen LogP contribution in [0.1, 0.15) is 5.56 Å². The van der Waals surface area contributed by atoms with Crippen molar-refractivity contribution in [2.24, 2.45) is 0 Å². The van der Waals surface area contributed by atoms with Gasteiger partial charge in [-0.2, -0.15) is 5.26 Å². The SMILES string of the molecule is COc1ccc(Oc2cccc(C#N)c2N)c(Br)c1. The summed E-state index contributed by atoms with van der Waals surface area (Å²) in [7, 11) is 1.59. The van der Waals surface area contributed by atoms with E-state index in [1.807, 2.05) is 6.07 Å². The number of para-hydroxylation sites is 1. The largest absolute Gasteiger partial charge is 0.497 e. The minimum absolute atomic E-state index is 0.327. The lowest BCUT2D eigenvalue weighted by atomic mass is 10.2. The lowest BCUT2D eigenvalue weighted by Gasteiger charge is -2.11. The monoisotopic (exact) mass is 318 g/mol. The Labute approximate surface area is 119 Å². The molecule has 2 rings (SSSR count). The van der Waals surface area contributed by atoms with Crippen molar-refractivity contribution in [2.75, 3.05) is 12.8 Å². The van der Waals surface area contributed by atoms with Crippen LogP contribution in [0.4, 0.5) is 5.69 Å². The van der Waals surface area contributed by atoms with E-state index >= 15 is 0 Å². The molecule has 0 spiro atoms. The molecule has 0 radical (unpaired) electrons. The number of ether oxygens (including phenoxy) is 2. The van der Waals surface area contributed by atoms with Crippen LogP contribution >= 0.6 is 15.9 Å². The van der Waals surface area contributed by atoms with Gasteiger partial charge in [-0.05, 0) is 46.3 Å². The van der Waals surface area contributed by atoms with Gasteiger partial charge in [-0.15, -0.1) is 0 Å². The van der Waals surface area contributed by atoms with Crippen molar-refractivity contribution >= 4 is 21.6 Å². The smallest absolute Gasteiger partial charge is 0.151 e. The molecule has 0 aromatic heterocycles. The van der Waals surface area contributed by atoms with Crippen LogP contribution < -0.4 is 15.2 Å². The van der Waals surface area contributed by atoms with Gasteiger partial charge in [0.15, 0.2) is 5.75 Å². The predicted molar refractivity (Wildman–Crippen MR) is 76.3 cm³/mol. The molecule has 19 heavy (non-hydrogen) atoms. The average molecular weight is 319 g/mol. The first-order valence-electron chi connectivity index (χ1n) is 5.45. The summed E-state index contributed by atoms with van der Waals surface area (Å²) in [6.45, 7) is 0. The van der Waals surface area contributed by atoms with Gasteiger partial charge in [-0.25, -0.2) is 0 Å². The molecular formula is C14H11BrN2O2. The van der Waals surface area contributed by atoms with Crippen LogP contribution in [0.2, 0.25) is 0 Å². The van der Waals surface area contributed by atoms with Crippen molar-refractivity contribution in [1.82, 2.24) is 0 Å². The van der Waals surface area contributed by atoms with Gasteiger partial charge in [0, 0.05) is 0 Å². The van der Waals surface area contributed by atoms with Gasteiger partial charge in [0.1, 0.15) is 17.6 Å². The van der Waals surface area contributed by atoms with Crippen molar-refractivity contribution in [2.45, 2.75) is 0 Å². The van der Waals surface area contributed by atoms with Gasteiger partial charge in [-0.1, -0.05) is 6.07 Å². The first-order valence-corrected chi connectivity index (χ1v) is 6.25. The summed E-state index contributed by atoms with van der Waals surface area (Å²) in [6, 6.07) is 12.4. The second-order valence-electron chi connectivity index (χ2n) is 3.73. The van der Waals surface area contributed by atoms with Crippen molar-refractivity contribution in [1.29, 1.82) is 5.26 Å². The number of hydrogen-bond donors (Lipinski definition) is 1. The highest BCUT2D eigenvalue weighted by molar-refractivity contribution is 9.10. The third-order valence-electron chi connectivity index (χ3n) is 2.55. The molecule has 0 heterocycles. The van der Waals surface area contributed by atoms with Crippen LogP contribution in [0.15, 0.2) is 40.9 Å². The Morgan fingerprint density at radius 1 is 1.21 bits per heavy atom. The topological polar surface area (TPSA) is 68.3 Å². The standard InChI is InChI=1S/C14H11BrN2O2/c1-18-10-5-6-12(11(15)7-10)19-13-4-2-3-9(8-16)14(13)17/h2-7H,17H2,1H3. The highest BCUT2D eigenvalue weighted by atomic mass is 79.9. The number of nitrogens with two attached hydrogens (primary N) is 1. The summed E-state index contributed by atoms with van der Waals surface area (Å²) in [6.07, 6.45) is 0. The van der Waals surface area contributed by atoms with Crippen molar-refractivity contribution in [3.05, 3.63) is 46.4 Å². The van der Waals surface area contributed by atoms with E-state index in [0.29, 0.717) is 22.7 Å². The summed E-state index contributed by atoms with van der Waals surface area (Å²) >= 11 is 3.39. The summed E-state index contributed by atoms with van der Waals surface area (Å²) in [5.41, 5.74) is 6.58. The van der Waals surface area contributed by atoms with Gasteiger partial charge < -0.3 is 15.2 Å². The lowest BCUT2D eigenvalue weighted by molar-refractivity contribution is 0.412. The van der Waals surface area contributed by atoms with Crippen LogP contribution in [0.25, 0.3) is 0 Å². The van der Waals surface area contributed by atoms with Crippen LogP contribution in [0.3, 0.4) is 0 Å². The van der Waals surface area contributed by atoms with Crippen LogP contribution in [0.5, 0.6) is 17.2 Å². The predicted octanol–water partition coefficient (Wildman–Crippen LogP) is 3.70. The normalized spacial score (nSPS) is 9.74. The van der Waals surface area contributed by atoms with Crippen molar-refractivity contribution in [3.63, 3.8) is 0 Å². The number of anilines is 1. The Kier molecular flexibility index (Phi) is 3.93. The fraction of sp³-hybridized carbons (Fsp3) is 0.0714. The Morgan fingerprint density at radius 3 is 2.63 bits per heavy atom. The number of nitrogens with zero attached hydrogens (tertiary/aromatic N) is 1. The molecule has 2 aromatic carbocycles. The summed E-state index contributed by atoms with van der Waals surface area (Å²) in [5.74, 6) is 1.77. The minimum Gasteiger partial charge on any atom is -0.497 e. The van der Waals surface area contributed by atoms with E-state index in [9.17, 15) is 0 Å². The van der Waals surface area contributed by atoms with Crippen LogP contribution in [-0.2, 0) is 0 Å². The quantitative estimate of drug-likeness (QED) is 0.876. The molecule has 2 N–H and O–H groups in total. The maximum atomic E-state index is 8.92. The van der Waals surface area contributed by atoms with Gasteiger partial charge in [0.25, 0.3) is 0 Å². The fourth-order valence-corrected chi connectivity index (χ4v) is 1.98. The number of nitriles is 1. The fourth-order valence-electron chi connectivity index (χ4n) is 1.54. The van der Waals surface area contributed by atoms with Crippen molar-refractivity contribution in [3.8, 4) is 23.3 Å². The Balaban J connectivity index is 2.34. The molecule has 0 atom stereocenters. The van der Waals surface area contributed by atoms with Crippen LogP contribution in [-0.4, -0.2) is 7.11 Å². The lowest BCUT2D eigenvalue weighted by Crippen LogP contribution is -1.95. The summed E-state index contributed by atoms with van der Waals surface area (Å²) in [5, 5.41) is 8.92. The zero-order chi connectivity index (χ0) is 13.8. The first kappa shape index (κ1) is 13.2. The number of hydrogen-bond acceptors (Lipinski definition) is 4. The highest BCUT2D eigenvalue weighted by Gasteiger charge is 2.09. The van der Waals surface area contributed by atoms with Gasteiger partial charge in [-0.3, -0.25) is 0 Å². The van der Waals surface area contributed by atoms with E-state index in [-0.39, 0.29) is 0 Å². The van der Waals surface area contributed by atoms with E-state index in [1.54, 1.807) is 43.5 Å². The van der Waals surface area contributed by atoms with E-state index in [0.717, 1.165) is 10.2 Å². The third-order valence-corrected chi connectivity index (χ3v) is 3.17. The molecule has 5 heteroatoms. The van der Waals surface area contributed by atoms with E-state index in [2.05, 4.69) is 15.9 Å². The Bertz CT molecular complexity index is 650. The second-order valence-corrected chi connectivity index (χ2v) is 4.58. The number of methoxy groups -OCH3 is 1. The van der Waals surface area contributed by atoms with Crippen molar-refractivity contribution < 1.29 is 9.47 Å². The molecular weight excluding hydrogens is 308 g/mol. The molecule has 2 aromatic rings. The van der Waals surface area contributed by atoms with Gasteiger partial charge in [0.05, 0.1) is 22.8 Å². The maximum absolute atomic E-state index is 8.92. The molecule has 4 nitrogen and oxygen atoms in total. The Morgan fingerprint density at radius 2 is 2.00 bits per heavy atom. The van der Waals surface area contributed by atoms with Gasteiger partial charge >= 0.3 is 0 Å². The molecule has 0 unspecified atom stereocenters. The zero-order valence-electron chi connectivity index (χ0n) is 10.2. The van der Waals surface area contributed by atoms with E-state index in [1.165, 1.54) is 0 Å². The Hall–Kier alpha value is -2.19. The zero-order valence-corrected chi connectivity index (χ0v) is 11.8. The summed E-state index contributed by atoms with van der Waals surface area (Å²) < 4.78 is 11.6. The number of benzene rings is 2. The van der Waals surface area contributed by atoms with E-state index < -0.39 is 0 Å². The molecule has 0 aliphatic carbocycles.